The smallest absolute Gasteiger partial charge is 0.319 e. The number of benzene rings is 2. The highest BCUT2D eigenvalue weighted by Gasteiger charge is 2.28. The van der Waals surface area contributed by atoms with E-state index in [2.05, 4.69) is 5.32 Å². The fourth-order valence-corrected chi connectivity index (χ4v) is 4.67. The zero-order valence-corrected chi connectivity index (χ0v) is 22.1. The number of rotatable bonds is 10. The number of carbonyl (C=O) groups is 2. The molecule has 0 saturated heterocycles. The average Bonchev–Trinajstić information content (AvgIpc) is 3.13. The number of carbonyl (C=O) groups excluding carboxylic acids is 1. The summed E-state index contributed by atoms with van der Waals surface area (Å²) in [5, 5.41) is 12.9. The number of nitrogens with one attached hydrogen (secondary N) is 1. The van der Waals surface area contributed by atoms with Gasteiger partial charge in [-0.3, -0.25) is 9.59 Å². The minimum atomic E-state index is -0.944. The van der Waals surface area contributed by atoms with Gasteiger partial charge in [-0.2, -0.15) is 0 Å². The van der Waals surface area contributed by atoms with Crippen LogP contribution in [0.1, 0.15) is 42.0 Å². The third-order valence-electron chi connectivity index (χ3n) is 5.68. The number of amides is 1. The van der Waals surface area contributed by atoms with Crippen LogP contribution < -0.4 is 5.32 Å². The number of carboxylic acids is 1. The first kappa shape index (κ1) is 26.8. The van der Waals surface area contributed by atoms with Crippen molar-refractivity contribution in [3.8, 4) is 11.4 Å². The van der Waals surface area contributed by atoms with Gasteiger partial charge in [0.2, 0.25) is 0 Å². The van der Waals surface area contributed by atoms with Crippen LogP contribution in [0.3, 0.4) is 0 Å². The summed E-state index contributed by atoms with van der Waals surface area (Å²) in [4.78, 5) is 30.2. The lowest BCUT2D eigenvalue weighted by molar-refractivity contribution is -0.138. The van der Waals surface area contributed by atoms with E-state index in [0.29, 0.717) is 35.4 Å². The van der Waals surface area contributed by atoms with Gasteiger partial charge in [-0.15, -0.1) is 11.8 Å². The second-order valence-electron chi connectivity index (χ2n) is 8.68. The van der Waals surface area contributed by atoms with Gasteiger partial charge in [0.15, 0.2) is 0 Å². The monoisotopic (exact) mass is 515 g/mol. The summed E-state index contributed by atoms with van der Waals surface area (Å²) in [5.41, 5.74) is 3.35. The molecular formula is C26H30ClN3O4S. The Labute approximate surface area is 214 Å². The molecule has 0 saturated carbocycles. The van der Waals surface area contributed by atoms with Gasteiger partial charge in [-0.25, -0.2) is 4.98 Å². The predicted molar refractivity (Wildman–Crippen MR) is 141 cm³/mol. The molecule has 7 nitrogen and oxygen atoms in total. The Morgan fingerprint density at radius 1 is 1.17 bits per heavy atom. The van der Waals surface area contributed by atoms with Gasteiger partial charge in [-0.05, 0) is 63.9 Å². The van der Waals surface area contributed by atoms with Crippen LogP contribution in [-0.2, 0) is 16.1 Å². The zero-order chi connectivity index (χ0) is 25.8. The van der Waals surface area contributed by atoms with Crippen LogP contribution in [0.15, 0.2) is 47.4 Å². The molecule has 35 heavy (non-hydrogen) atoms. The van der Waals surface area contributed by atoms with Gasteiger partial charge in [0.05, 0.1) is 0 Å². The van der Waals surface area contributed by atoms with Crippen molar-refractivity contribution in [3.63, 3.8) is 0 Å². The first-order valence-corrected chi connectivity index (χ1v) is 12.4. The number of halogens is 1. The SMILES string of the molecule is COCCCn1c(-c2ccc(SC(C)(C)C(=O)O)cc2)nc(C(=O)Nc2cccc(Cl)c2C)c1C. The summed E-state index contributed by atoms with van der Waals surface area (Å²) in [7, 11) is 1.66. The van der Waals surface area contributed by atoms with Gasteiger partial charge in [0, 0.05) is 47.1 Å². The number of imidazole rings is 1. The van der Waals surface area contributed by atoms with Gasteiger partial charge in [-0.1, -0.05) is 29.8 Å². The molecule has 2 N–H and O–H groups in total. The lowest BCUT2D eigenvalue weighted by atomic mass is 10.2. The number of anilines is 1. The first-order chi connectivity index (χ1) is 16.5. The molecule has 0 bridgehead atoms. The van der Waals surface area contributed by atoms with Crippen LogP contribution in [0.4, 0.5) is 5.69 Å². The fraction of sp³-hybridized carbons (Fsp3) is 0.346. The molecule has 0 spiro atoms. The Kier molecular flexibility index (Phi) is 8.64. The summed E-state index contributed by atoms with van der Waals surface area (Å²) in [6.45, 7) is 8.29. The second kappa shape index (κ2) is 11.3. The van der Waals surface area contributed by atoms with E-state index in [0.717, 1.165) is 28.1 Å². The van der Waals surface area contributed by atoms with E-state index in [1.54, 1.807) is 39.2 Å². The lowest BCUT2D eigenvalue weighted by Gasteiger charge is -2.18. The zero-order valence-electron chi connectivity index (χ0n) is 20.5. The quantitative estimate of drug-likeness (QED) is 0.251. The van der Waals surface area contributed by atoms with E-state index in [4.69, 9.17) is 21.3 Å². The van der Waals surface area contributed by atoms with Crippen molar-refractivity contribution in [2.24, 2.45) is 0 Å². The van der Waals surface area contributed by atoms with E-state index in [1.165, 1.54) is 11.8 Å². The third kappa shape index (κ3) is 6.25. The third-order valence-corrected chi connectivity index (χ3v) is 7.28. The maximum absolute atomic E-state index is 13.2. The number of hydrogen-bond donors (Lipinski definition) is 2. The van der Waals surface area contributed by atoms with Crippen LogP contribution >= 0.6 is 23.4 Å². The molecule has 0 aliphatic rings. The molecule has 9 heteroatoms. The number of hydrogen-bond acceptors (Lipinski definition) is 5. The molecule has 0 aliphatic carbocycles. The molecule has 1 aromatic heterocycles. The minimum absolute atomic E-state index is 0.310. The molecule has 1 heterocycles. The molecule has 0 fully saturated rings. The molecule has 0 unspecified atom stereocenters. The molecule has 0 radical (unpaired) electrons. The van der Waals surface area contributed by atoms with Crippen molar-refractivity contribution in [3.05, 3.63) is 64.4 Å². The van der Waals surface area contributed by atoms with E-state index in [9.17, 15) is 14.7 Å². The molecule has 3 aromatic rings. The van der Waals surface area contributed by atoms with Crippen LogP contribution in [0.2, 0.25) is 5.02 Å². The second-order valence-corrected chi connectivity index (χ2v) is 10.8. The summed E-state index contributed by atoms with van der Waals surface area (Å²) in [6, 6.07) is 12.9. The molecule has 0 aliphatic heterocycles. The normalized spacial score (nSPS) is 11.5. The van der Waals surface area contributed by atoms with Gasteiger partial charge < -0.3 is 19.7 Å². The lowest BCUT2D eigenvalue weighted by Crippen LogP contribution is -2.26. The number of carboxylic acid groups (broad SMARTS) is 1. The van der Waals surface area contributed by atoms with Crippen molar-refractivity contribution < 1.29 is 19.4 Å². The number of thioether (sulfide) groups is 1. The number of aromatic nitrogens is 2. The Morgan fingerprint density at radius 2 is 1.86 bits per heavy atom. The Bertz CT molecular complexity index is 1220. The van der Waals surface area contributed by atoms with Crippen molar-refractivity contribution >= 4 is 40.9 Å². The fourth-order valence-electron chi connectivity index (χ4n) is 3.54. The van der Waals surface area contributed by atoms with E-state index in [-0.39, 0.29) is 5.91 Å². The maximum Gasteiger partial charge on any atom is 0.319 e. The Balaban J connectivity index is 1.94. The van der Waals surface area contributed by atoms with Crippen molar-refractivity contribution in [1.29, 1.82) is 0 Å². The number of nitrogens with zero attached hydrogens (tertiary/aromatic N) is 2. The van der Waals surface area contributed by atoms with Crippen molar-refractivity contribution in [1.82, 2.24) is 9.55 Å². The predicted octanol–water partition coefficient (Wildman–Crippen LogP) is 6.06. The highest BCUT2D eigenvalue weighted by molar-refractivity contribution is 8.01. The number of aliphatic carboxylic acids is 1. The summed E-state index contributed by atoms with van der Waals surface area (Å²) >= 11 is 7.49. The topological polar surface area (TPSA) is 93.4 Å². The van der Waals surface area contributed by atoms with Crippen LogP contribution in [-0.4, -0.2) is 45.0 Å². The number of methoxy groups -OCH3 is 1. The van der Waals surface area contributed by atoms with E-state index >= 15 is 0 Å². The molecular weight excluding hydrogens is 486 g/mol. The van der Waals surface area contributed by atoms with Gasteiger partial charge >= 0.3 is 5.97 Å². The van der Waals surface area contributed by atoms with Crippen LogP contribution in [0.25, 0.3) is 11.4 Å². The Hall–Kier alpha value is -2.81. The standard InChI is InChI=1S/C26H30ClN3O4S/c1-16-20(27)8-6-9-21(16)28-24(31)22-17(2)30(14-7-15-34-5)23(29-22)18-10-12-19(13-11-18)35-26(3,4)25(32)33/h6,8-13H,7,14-15H2,1-5H3,(H,28,31)(H,32,33). The van der Waals surface area contributed by atoms with Crippen LogP contribution in [0, 0.1) is 13.8 Å². The average molecular weight is 516 g/mol. The summed E-state index contributed by atoms with van der Waals surface area (Å²) < 4.78 is 6.28. The summed E-state index contributed by atoms with van der Waals surface area (Å²) in [6.07, 6.45) is 0.760. The maximum atomic E-state index is 13.2. The van der Waals surface area contributed by atoms with Crippen molar-refractivity contribution in [2.45, 2.75) is 50.3 Å². The highest BCUT2D eigenvalue weighted by atomic mass is 35.5. The highest BCUT2D eigenvalue weighted by Crippen LogP contribution is 2.34. The van der Waals surface area contributed by atoms with Gasteiger partial charge in [0.1, 0.15) is 16.3 Å². The molecule has 186 valence electrons. The van der Waals surface area contributed by atoms with E-state index in [1.807, 2.05) is 42.7 Å². The molecule has 1 amide bonds. The molecule has 3 rings (SSSR count). The van der Waals surface area contributed by atoms with E-state index < -0.39 is 10.7 Å². The largest absolute Gasteiger partial charge is 0.480 e. The van der Waals surface area contributed by atoms with Crippen molar-refractivity contribution in [2.75, 3.05) is 19.0 Å². The Morgan fingerprint density at radius 3 is 2.49 bits per heavy atom. The van der Waals surface area contributed by atoms with Gasteiger partial charge in [0.25, 0.3) is 5.91 Å². The van der Waals surface area contributed by atoms with Crippen LogP contribution in [0.5, 0.6) is 0 Å². The number of ether oxygens (including phenoxy) is 1. The molecule has 2 aromatic carbocycles. The first-order valence-electron chi connectivity index (χ1n) is 11.2. The minimum Gasteiger partial charge on any atom is -0.480 e. The molecule has 0 atom stereocenters. The summed E-state index contributed by atoms with van der Waals surface area (Å²) in [5.74, 6) is -0.517.